The van der Waals surface area contributed by atoms with Crippen molar-refractivity contribution >= 4 is 18.0 Å². The Bertz CT molecular complexity index is 865. The Labute approximate surface area is 201 Å². The van der Waals surface area contributed by atoms with E-state index < -0.39 is 11.4 Å². The number of rotatable bonds is 8. The summed E-state index contributed by atoms with van der Waals surface area (Å²) >= 11 is 0. The molecule has 2 fully saturated rings. The van der Waals surface area contributed by atoms with Gasteiger partial charge in [0.1, 0.15) is 6.61 Å². The molecule has 2 aliphatic rings. The summed E-state index contributed by atoms with van der Waals surface area (Å²) < 4.78 is 16.1. The maximum absolute atomic E-state index is 13.1. The Balaban J connectivity index is 1.62. The molecule has 0 aliphatic carbocycles. The molecule has 34 heavy (non-hydrogen) atoms. The Kier molecular flexibility index (Phi) is 9.10. The molecule has 1 aromatic carbocycles. The van der Waals surface area contributed by atoms with E-state index in [2.05, 4.69) is 11.5 Å². The molecule has 0 radical (unpaired) electrons. The minimum absolute atomic E-state index is 0.00104. The molecular formula is C26H36N2O6. The van der Waals surface area contributed by atoms with Crippen LogP contribution in [-0.4, -0.2) is 66.7 Å². The quantitative estimate of drug-likeness (QED) is 0.322. The number of allylic oxidation sites excluding steroid dienone is 1. The first-order valence-corrected chi connectivity index (χ1v) is 12.1. The van der Waals surface area contributed by atoms with Crippen LogP contribution in [0, 0.1) is 5.41 Å². The molecule has 2 heterocycles. The standard InChI is InChI=1S/C26H36N2O6/c1-4-32-24(30)26(17-23(29)33-18-21-9-6-5-7-10-21)13-8-14-28(19-26)22-11-15-27(16-12-22)25(31)34-20(2)3/h5-7,9-10,22H,2,4,8,11-19H2,1,3H3. The van der Waals surface area contributed by atoms with Crippen LogP contribution in [-0.2, 0) is 30.4 Å². The van der Waals surface area contributed by atoms with E-state index in [0.717, 1.165) is 31.4 Å². The lowest BCUT2D eigenvalue weighted by Crippen LogP contribution is -2.55. The molecular weight excluding hydrogens is 436 g/mol. The number of carbonyl (C=O) groups excluding carboxylic acids is 3. The molecule has 0 bridgehead atoms. The van der Waals surface area contributed by atoms with Gasteiger partial charge in [0, 0.05) is 25.7 Å². The normalized spacial score (nSPS) is 21.5. The molecule has 2 saturated heterocycles. The highest BCUT2D eigenvalue weighted by molar-refractivity contribution is 5.84. The van der Waals surface area contributed by atoms with E-state index in [1.54, 1.807) is 18.7 Å². The van der Waals surface area contributed by atoms with E-state index in [-0.39, 0.29) is 37.7 Å². The van der Waals surface area contributed by atoms with Crippen LogP contribution in [0.1, 0.15) is 51.5 Å². The molecule has 186 valence electrons. The Morgan fingerprint density at radius 1 is 1.09 bits per heavy atom. The van der Waals surface area contributed by atoms with E-state index in [1.165, 1.54) is 0 Å². The van der Waals surface area contributed by atoms with Gasteiger partial charge < -0.3 is 19.1 Å². The lowest BCUT2D eigenvalue weighted by atomic mass is 9.76. The first-order chi connectivity index (χ1) is 16.3. The third kappa shape index (κ3) is 6.82. The zero-order valence-corrected chi connectivity index (χ0v) is 20.3. The van der Waals surface area contributed by atoms with Crippen LogP contribution in [0.3, 0.4) is 0 Å². The van der Waals surface area contributed by atoms with Crippen molar-refractivity contribution in [2.24, 2.45) is 5.41 Å². The van der Waals surface area contributed by atoms with Crippen LogP contribution in [0.4, 0.5) is 4.79 Å². The Morgan fingerprint density at radius 3 is 2.44 bits per heavy atom. The third-order valence-electron chi connectivity index (χ3n) is 6.54. The van der Waals surface area contributed by atoms with Crippen LogP contribution in [0.5, 0.6) is 0 Å². The van der Waals surface area contributed by atoms with Gasteiger partial charge in [0.15, 0.2) is 0 Å². The number of piperidine rings is 2. The Hall–Kier alpha value is -2.87. The van der Waals surface area contributed by atoms with E-state index >= 15 is 0 Å². The van der Waals surface area contributed by atoms with Crippen molar-refractivity contribution in [3.63, 3.8) is 0 Å². The zero-order chi connectivity index (χ0) is 24.6. The van der Waals surface area contributed by atoms with E-state index in [0.29, 0.717) is 31.8 Å². The van der Waals surface area contributed by atoms with E-state index in [9.17, 15) is 14.4 Å². The van der Waals surface area contributed by atoms with Crippen molar-refractivity contribution in [2.75, 3.05) is 32.8 Å². The van der Waals surface area contributed by atoms with Crippen LogP contribution in [0.25, 0.3) is 0 Å². The summed E-state index contributed by atoms with van der Waals surface area (Å²) in [6, 6.07) is 9.72. The van der Waals surface area contributed by atoms with Crippen molar-refractivity contribution in [3.8, 4) is 0 Å². The number of likely N-dealkylation sites (tertiary alicyclic amines) is 2. The topological polar surface area (TPSA) is 85.4 Å². The van der Waals surface area contributed by atoms with Crippen molar-refractivity contribution in [3.05, 3.63) is 48.2 Å². The van der Waals surface area contributed by atoms with Gasteiger partial charge in [0.2, 0.25) is 0 Å². The summed E-state index contributed by atoms with van der Waals surface area (Å²) in [4.78, 5) is 42.0. The van der Waals surface area contributed by atoms with Gasteiger partial charge in [0.05, 0.1) is 24.2 Å². The molecule has 1 amide bonds. The number of nitrogens with zero attached hydrogens (tertiary/aromatic N) is 2. The van der Waals surface area contributed by atoms with E-state index in [4.69, 9.17) is 14.2 Å². The second-order valence-electron chi connectivity index (χ2n) is 9.19. The van der Waals surface area contributed by atoms with Crippen LogP contribution in [0.2, 0.25) is 0 Å². The summed E-state index contributed by atoms with van der Waals surface area (Å²) in [5.41, 5.74) is -0.0128. The fourth-order valence-corrected chi connectivity index (χ4v) is 4.84. The molecule has 1 aromatic rings. The maximum atomic E-state index is 13.1. The molecule has 1 unspecified atom stereocenters. The first kappa shape index (κ1) is 25.7. The number of esters is 2. The summed E-state index contributed by atoms with van der Waals surface area (Å²) in [7, 11) is 0. The highest BCUT2D eigenvalue weighted by Gasteiger charge is 2.47. The van der Waals surface area contributed by atoms with Crippen LogP contribution < -0.4 is 0 Å². The first-order valence-electron chi connectivity index (χ1n) is 12.1. The average molecular weight is 473 g/mol. The van der Waals surface area contributed by atoms with Gasteiger partial charge in [-0.1, -0.05) is 36.9 Å². The van der Waals surface area contributed by atoms with Crippen molar-refractivity contribution in [1.29, 1.82) is 0 Å². The third-order valence-corrected chi connectivity index (χ3v) is 6.54. The van der Waals surface area contributed by atoms with Gasteiger partial charge in [-0.15, -0.1) is 0 Å². The monoisotopic (exact) mass is 472 g/mol. The number of hydrogen-bond donors (Lipinski definition) is 0. The lowest BCUT2D eigenvalue weighted by molar-refractivity contribution is -0.167. The van der Waals surface area contributed by atoms with E-state index in [1.807, 2.05) is 30.3 Å². The molecule has 0 N–H and O–H groups in total. The SMILES string of the molecule is C=C(C)OC(=O)N1CCC(N2CCCC(CC(=O)OCc3ccccc3)(C(=O)OCC)C2)CC1. The second kappa shape index (κ2) is 12.0. The van der Waals surface area contributed by atoms with Gasteiger partial charge in [-0.25, -0.2) is 4.79 Å². The smallest absolute Gasteiger partial charge is 0.414 e. The summed E-state index contributed by atoms with van der Waals surface area (Å²) in [6.45, 7) is 9.96. The van der Waals surface area contributed by atoms with Gasteiger partial charge >= 0.3 is 18.0 Å². The van der Waals surface area contributed by atoms with Gasteiger partial charge in [0.25, 0.3) is 0 Å². The summed E-state index contributed by atoms with van der Waals surface area (Å²) in [5.74, 6) is -0.350. The minimum atomic E-state index is -0.919. The molecule has 8 heteroatoms. The number of hydrogen-bond acceptors (Lipinski definition) is 7. The molecule has 0 aromatic heterocycles. The molecule has 2 aliphatic heterocycles. The second-order valence-corrected chi connectivity index (χ2v) is 9.19. The van der Waals surface area contributed by atoms with Crippen LogP contribution in [0.15, 0.2) is 42.7 Å². The molecule has 3 rings (SSSR count). The summed E-state index contributed by atoms with van der Waals surface area (Å²) in [5, 5.41) is 0. The number of benzene rings is 1. The lowest BCUT2D eigenvalue weighted by Gasteiger charge is -2.45. The number of ether oxygens (including phenoxy) is 3. The predicted octanol–water partition coefficient (Wildman–Crippen LogP) is 3.90. The van der Waals surface area contributed by atoms with Crippen LogP contribution >= 0.6 is 0 Å². The number of amides is 1. The molecule has 0 spiro atoms. The predicted molar refractivity (Wildman–Crippen MR) is 127 cm³/mol. The fraction of sp³-hybridized carbons (Fsp3) is 0.577. The van der Waals surface area contributed by atoms with Gasteiger partial charge in [-0.3, -0.25) is 14.5 Å². The van der Waals surface area contributed by atoms with Crippen molar-refractivity contribution in [1.82, 2.24) is 9.80 Å². The maximum Gasteiger partial charge on any atom is 0.414 e. The minimum Gasteiger partial charge on any atom is -0.466 e. The largest absolute Gasteiger partial charge is 0.466 e. The fourth-order valence-electron chi connectivity index (χ4n) is 4.84. The highest BCUT2D eigenvalue weighted by Crippen LogP contribution is 2.37. The van der Waals surface area contributed by atoms with Crippen molar-refractivity contribution < 1.29 is 28.6 Å². The Morgan fingerprint density at radius 2 is 1.79 bits per heavy atom. The average Bonchev–Trinajstić information content (AvgIpc) is 2.83. The van der Waals surface area contributed by atoms with Gasteiger partial charge in [-0.05, 0) is 51.6 Å². The molecule has 1 atom stereocenters. The molecule has 8 nitrogen and oxygen atoms in total. The van der Waals surface area contributed by atoms with Gasteiger partial charge in [-0.2, -0.15) is 0 Å². The summed E-state index contributed by atoms with van der Waals surface area (Å²) in [6.07, 6.45) is 2.58. The molecule has 0 saturated carbocycles. The highest BCUT2D eigenvalue weighted by atomic mass is 16.6. The van der Waals surface area contributed by atoms with Crippen molar-refractivity contribution in [2.45, 2.75) is 58.6 Å². The zero-order valence-electron chi connectivity index (χ0n) is 20.3. The number of carbonyl (C=O) groups is 3.